The second kappa shape index (κ2) is 8.20. The van der Waals surface area contributed by atoms with E-state index < -0.39 is 24.2 Å². The topological polar surface area (TPSA) is 138 Å². The van der Waals surface area contributed by atoms with Crippen molar-refractivity contribution in [2.24, 2.45) is 5.92 Å². The van der Waals surface area contributed by atoms with Gasteiger partial charge in [0.25, 0.3) is 0 Å². The zero-order chi connectivity index (χ0) is 23.1. The van der Waals surface area contributed by atoms with Crippen molar-refractivity contribution in [3.63, 3.8) is 0 Å². The van der Waals surface area contributed by atoms with Crippen LogP contribution in [0.15, 0.2) is 41.1 Å². The first-order valence-electron chi connectivity index (χ1n) is 10.5. The summed E-state index contributed by atoms with van der Waals surface area (Å²) in [7, 11) is 3.22. The average molecular weight is 446 g/mol. The van der Waals surface area contributed by atoms with Crippen LogP contribution in [0.5, 0.6) is 0 Å². The molecular weight excluding hydrogens is 424 g/mol. The van der Waals surface area contributed by atoms with Crippen molar-refractivity contribution in [1.29, 1.82) is 0 Å². The Morgan fingerprint density at radius 2 is 2.00 bits per heavy atom. The number of nitrogens with one attached hydrogen (secondary N) is 2. The highest BCUT2D eigenvalue weighted by molar-refractivity contribution is 5.84. The van der Waals surface area contributed by atoms with E-state index >= 15 is 0 Å². The molecule has 10 nitrogen and oxygen atoms in total. The van der Waals surface area contributed by atoms with Gasteiger partial charge in [-0.2, -0.15) is 0 Å². The van der Waals surface area contributed by atoms with Gasteiger partial charge in [0.15, 0.2) is 22.7 Å². The molecule has 1 aliphatic rings. The summed E-state index contributed by atoms with van der Waals surface area (Å²) < 4.78 is 7.40. The van der Waals surface area contributed by atoms with Crippen LogP contribution in [0, 0.1) is 17.8 Å². The maximum absolute atomic E-state index is 12.1. The SMILES string of the molecule is CNC(=O)[C@H]1C[C@@H](n2cnc3c(NC)nc(C#Cc4cc5ccccc5o4)nc32)[C@H](O)[C@@H]1O. The molecule has 0 radical (unpaired) electrons. The largest absolute Gasteiger partial charge is 0.448 e. The number of hydrogen-bond acceptors (Lipinski definition) is 8. The Hall–Kier alpha value is -3.94. The summed E-state index contributed by atoms with van der Waals surface area (Å²) in [5.74, 6) is 6.03. The van der Waals surface area contributed by atoms with Crippen LogP contribution < -0.4 is 10.6 Å². The highest BCUT2D eigenvalue weighted by atomic mass is 16.3. The van der Waals surface area contributed by atoms with E-state index in [9.17, 15) is 15.0 Å². The van der Waals surface area contributed by atoms with Crippen LogP contribution in [-0.2, 0) is 4.79 Å². The molecule has 0 bridgehead atoms. The van der Waals surface area contributed by atoms with E-state index in [1.165, 1.54) is 13.4 Å². The highest BCUT2D eigenvalue weighted by Crippen LogP contribution is 2.37. The molecule has 1 aliphatic carbocycles. The van der Waals surface area contributed by atoms with Gasteiger partial charge in [0.2, 0.25) is 11.7 Å². The van der Waals surface area contributed by atoms with Crippen LogP contribution in [0.1, 0.15) is 24.0 Å². The summed E-state index contributed by atoms with van der Waals surface area (Å²) in [6, 6.07) is 8.90. The minimum absolute atomic E-state index is 0.241. The van der Waals surface area contributed by atoms with Crippen molar-refractivity contribution in [3.05, 3.63) is 48.2 Å². The summed E-state index contributed by atoms with van der Waals surface area (Å²) in [6.45, 7) is 0. The molecule has 1 amide bonds. The fraction of sp³-hybridized carbons (Fsp3) is 0.304. The molecule has 0 saturated heterocycles. The van der Waals surface area contributed by atoms with Crippen molar-refractivity contribution in [3.8, 4) is 11.8 Å². The molecule has 0 unspecified atom stereocenters. The number of rotatable bonds is 3. The van der Waals surface area contributed by atoms with Gasteiger partial charge in [-0.3, -0.25) is 4.79 Å². The van der Waals surface area contributed by atoms with Gasteiger partial charge in [0, 0.05) is 25.5 Å². The number of aliphatic hydroxyl groups is 2. The number of carbonyl (C=O) groups is 1. The van der Waals surface area contributed by atoms with E-state index in [-0.39, 0.29) is 18.2 Å². The predicted molar refractivity (Wildman–Crippen MR) is 120 cm³/mol. The molecule has 1 fully saturated rings. The lowest BCUT2D eigenvalue weighted by Crippen LogP contribution is -2.36. The second-order valence-electron chi connectivity index (χ2n) is 7.87. The van der Waals surface area contributed by atoms with Crippen LogP contribution >= 0.6 is 0 Å². The van der Waals surface area contributed by atoms with E-state index in [1.54, 1.807) is 11.6 Å². The second-order valence-corrected chi connectivity index (χ2v) is 7.87. The number of imidazole rings is 1. The van der Waals surface area contributed by atoms with Crippen LogP contribution in [-0.4, -0.2) is 61.9 Å². The van der Waals surface area contributed by atoms with Gasteiger partial charge in [-0.1, -0.05) is 18.2 Å². The van der Waals surface area contributed by atoms with Gasteiger partial charge in [0.1, 0.15) is 11.7 Å². The third-order valence-corrected chi connectivity index (χ3v) is 5.97. The van der Waals surface area contributed by atoms with Crippen molar-refractivity contribution in [2.45, 2.75) is 24.7 Å². The van der Waals surface area contributed by atoms with Crippen LogP contribution in [0.4, 0.5) is 5.82 Å². The van der Waals surface area contributed by atoms with Crippen LogP contribution in [0.3, 0.4) is 0 Å². The Bertz CT molecular complexity index is 1380. The Morgan fingerprint density at radius 1 is 1.18 bits per heavy atom. The lowest BCUT2D eigenvalue weighted by molar-refractivity contribution is -0.128. The van der Waals surface area contributed by atoms with Gasteiger partial charge in [0.05, 0.1) is 24.4 Å². The Kier molecular flexibility index (Phi) is 5.20. The first-order chi connectivity index (χ1) is 16.0. The van der Waals surface area contributed by atoms with Gasteiger partial charge in [-0.15, -0.1) is 0 Å². The van der Waals surface area contributed by atoms with Gasteiger partial charge >= 0.3 is 0 Å². The molecule has 4 N–H and O–H groups in total. The maximum atomic E-state index is 12.1. The maximum Gasteiger partial charge on any atom is 0.225 e. The van der Waals surface area contributed by atoms with E-state index in [2.05, 4.69) is 37.4 Å². The zero-order valence-corrected chi connectivity index (χ0v) is 18.0. The predicted octanol–water partition coefficient (Wildman–Crippen LogP) is 1.04. The Balaban J connectivity index is 1.54. The number of fused-ring (bicyclic) bond motifs is 2. The standard InChI is InChI=1S/C23H22N6O4/c1-24-21-18-22(29(11-26-18)15-10-14(23(32)25-2)19(30)20(15)31)28-17(27-21)8-7-13-9-12-5-3-4-6-16(12)33-13/h3-6,9,11,14-15,19-20,30-31H,10H2,1-2H3,(H,25,32)(H,24,27,28)/t14-,15+,19+,20-/m0/s1. The number of nitrogens with zero attached hydrogens (tertiary/aromatic N) is 4. The molecular formula is C23H22N6O4. The first kappa shape index (κ1) is 20.9. The van der Waals surface area contributed by atoms with Crippen molar-refractivity contribution >= 4 is 33.9 Å². The first-order valence-corrected chi connectivity index (χ1v) is 10.5. The molecule has 3 aromatic heterocycles. The summed E-state index contributed by atoms with van der Waals surface area (Å²) in [5, 5.41) is 27.5. The van der Waals surface area contributed by atoms with E-state index in [0.717, 1.165) is 11.0 Å². The van der Waals surface area contributed by atoms with E-state index in [0.29, 0.717) is 22.7 Å². The molecule has 168 valence electrons. The van der Waals surface area contributed by atoms with Gasteiger partial charge in [-0.25, -0.2) is 15.0 Å². The van der Waals surface area contributed by atoms with Gasteiger partial charge in [-0.05, 0) is 24.3 Å². The highest BCUT2D eigenvalue weighted by Gasteiger charge is 2.46. The molecule has 3 heterocycles. The number of aliphatic hydroxyl groups excluding tert-OH is 2. The Morgan fingerprint density at radius 3 is 2.76 bits per heavy atom. The number of hydrogen-bond donors (Lipinski definition) is 4. The fourth-order valence-corrected chi connectivity index (χ4v) is 4.28. The van der Waals surface area contributed by atoms with Crippen LogP contribution in [0.25, 0.3) is 22.1 Å². The molecule has 0 spiro atoms. The molecule has 1 saturated carbocycles. The molecule has 5 rings (SSSR count). The van der Waals surface area contributed by atoms with Crippen molar-refractivity contribution in [2.75, 3.05) is 19.4 Å². The minimum Gasteiger partial charge on any atom is -0.448 e. The average Bonchev–Trinajstić information content (AvgIpc) is 3.52. The number of aromatic nitrogens is 4. The monoisotopic (exact) mass is 446 g/mol. The molecule has 1 aromatic carbocycles. The minimum atomic E-state index is -1.19. The van der Waals surface area contributed by atoms with Crippen molar-refractivity contribution < 1.29 is 19.4 Å². The number of amides is 1. The molecule has 4 atom stereocenters. The number of carbonyl (C=O) groups excluding carboxylic acids is 1. The lowest BCUT2D eigenvalue weighted by atomic mass is 10.1. The van der Waals surface area contributed by atoms with Crippen LogP contribution in [0.2, 0.25) is 0 Å². The van der Waals surface area contributed by atoms with Gasteiger partial charge < -0.3 is 29.8 Å². The summed E-state index contributed by atoms with van der Waals surface area (Å²) in [4.78, 5) is 25.5. The lowest BCUT2D eigenvalue weighted by Gasteiger charge is -2.18. The molecule has 10 heteroatoms. The molecule has 33 heavy (non-hydrogen) atoms. The third kappa shape index (κ3) is 3.57. The Labute approximate surface area is 188 Å². The zero-order valence-electron chi connectivity index (χ0n) is 18.0. The number of anilines is 1. The fourth-order valence-electron chi connectivity index (χ4n) is 4.28. The summed E-state index contributed by atoms with van der Waals surface area (Å²) >= 11 is 0. The number of furan rings is 1. The van der Waals surface area contributed by atoms with Crippen molar-refractivity contribution in [1.82, 2.24) is 24.8 Å². The third-order valence-electron chi connectivity index (χ3n) is 5.97. The summed E-state index contributed by atoms with van der Waals surface area (Å²) in [5.41, 5.74) is 1.68. The number of para-hydroxylation sites is 1. The molecule has 0 aliphatic heterocycles. The normalized spacial score (nSPS) is 22.3. The van der Waals surface area contributed by atoms with E-state index in [4.69, 9.17) is 4.42 Å². The molecule has 4 aromatic rings. The van der Waals surface area contributed by atoms with E-state index in [1.807, 2.05) is 30.3 Å². The smallest absolute Gasteiger partial charge is 0.225 e. The quantitative estimate of drug-likeness (QED) is 0.343. The summed E-state index contributed by atoms with van der Waals surface area (Å²) in [6.07, 6.45) is -0.566. The number of benzene rings is 1.